The van der Waals surface area contributed by atoms with Crippen LogP contribution in [0.25, 0.3) is 21.9 Å². The predicted octanol–water partition coefficient (Wildman–Crippen LogP) is 3.80. The van der Waals surface area contributed by atoms with E-state index in [0.29, 0.717) is 5.52 Å². The van der Waals surface area contributed by atoms with E-state index in [0.717, 1.165) is 0 Å². The van der Waals surface area contributed by atoms with Crippen molar-refractivity contribution < 1.29 is 13.2 Å². The Morgan fingerprint density at radius 3 is 2.39 bits per heavy atom. The first kappa shape index (κ1) is 11.0. The van der Waals surface area contributed by atoms with Crippen molar-refractivity contribution in [3.05, 3.63) is 48.2 Å². The fourth-order valence-electron chi connectivity index (χ4n) is 2.03. The van der Waals surface area contributed by atoms with Crippen LogP contribution in [0.15, 0.2) is 42.6 Å². The van der Waals surface area contributed by atoms with Crippen molar-refractivity contribution >= 4 is 21.9 Å². The van der Waals surface area contributed by atoms with E-state index in [1.807, 2.05) is 0 Å². The number of aromatic nitrogens is 2. The van der Waals surface area contributed by atoms with Crippen molar-refractivity contribution in [2.45, 2.75) is 6.18 Å². The molecule has 0 bridgehead atoms. The van der Waals surface area contributed by atoms with Gasteiger partial charge in [-0.25, -0.2) is 9.97 Å². The zero-order chi connectivity index (χ0) is 12.8. The Kier molecular flexibility index (Phi) is 2.23. The molecular weight excluding hydrogens is 241 g/mol. The highest BCUT2D eigenvalue weighted by Gasteiger charge is 2.35. The summed E-state index contributed by atoms with van der Waals surface area (Å²) >= 11 is 0. The van der Waals surface area contributed by atoms with Gasteiger partial charge in [0.2, 0.25) is 0 Å². The number of pyridine rings is 2. The van der Waals surface area contributed by atoms with Gasteiger partial charge in [0.25, 0.3) is 0 Å². The van der Waals surface area contributed by atoms with Crippen LogP contribution < -0.4 is 0 Å². The summed E-state index contributed by atoms with van der Waals surface area (Å²) in [6, 6.07) is 9.08. The fraction of sp³-hybridized carbons (Fsp3) is 0.0769. The maximum absolute atomic E-state index is 13.2. The molecule has 1 aromatic carbocycles. The Hall–Kier alpha value is -2.17. The van der Waals surface area contributed by atoms with Crippen LogP contribution in [-0.4, -0.2) is 9.97 Å². The third kappa shape index (κ3) is 1.59. The minimum absolute atomic E-state index is 0.0312. The molecule has 2 nitrogen and oxygen atoms in total. The summed E-state index contributed by atoms with van der Waals surface area (Å²) in [5.74, 6) is 0. The molecule has 0 radical (unpaired) electrons. The Labute approximate surface area is 100 Å². The Morgan fingerprint density at radius 2 is 1.61 bits per heavy atom. The van der Waals surface area contributed by atoms with E-state index >= 15 is 0 Å². The van der Waals surface area contributed by atoms with E-state index in [9.17, 15) is 13.2 Å². The average Bonchev–Trinajstić information content (AvgIpc) is 2.34. The van der Waals surface area contributed by atoms with Gasteiger partial charge >= 0.3 is 6.18 Å². The standard InChI is InChI=1S/C13H7F3N2/c14-13(15,16)11-8-4-1-2-6-10(8)18-12-9(11)5-3-7-17-12/h1-7H. The van der Waals surface area contributed by atoms with E-state index in [1.54, 1.807) is 18.2 Å². The monoisotopic (exact) mass is 248 g/mol. The Bertz CT molecular complexity index is 681. The highest BCUT2D eigenvalue weighted by molar-refractivity contribution is 5.96. The van der Waals surface area contributed by atoms with Gasteiger partial charge in [0.15, 0.2) is 5.65 Å². The zero-order valence-electron chi connectivity index (χ0n) is 9.07. The lowest BCUT2D eigenvalue weighted by atomic mass is 10.0. The van der Waals surface area contributed by atoms with Gasteiger partial charge in [0.05, 0.1) is 11.1 Å². The van der Waals surface area contributed by atoms with Gasteiger partial charge in [-0.2, -0.15) is 13.2 Å². The van der Waals surface area contributed by atoms with Crippen molar-refractivity contribution in [1.82, 2.24) is 9.97 Å². The van der Waals surface area contributed by atoms with Gasteiger partial charge in [-0.05, 0) is 18.2 Å². The highest BCUT2D eigenvalue weighted by atomic mass is 19.4. The summed E-state index contributed by atoms with van der Waals surface area (Å²) in [4.78, 5) is 8.04. The van der Waals surface area contributed by atoms with Crippen molar-refractivity contribution in [2.24, 2.45) is 0 Å². The topological polar surface area (TPSA) is 25.8 Å². The molecule has 3 aromatic rings. The number of nitrogens with zero attached hydrogens (tertiary/aromatic N) is 2. The maximum atomic E-state index is 13.2. The molecule has 0 aliphatic carbocycles. The molecule has 0 fully saturated rings. The molecule has 0 amide bonds. The fourth-order valence-corrected chi connectivity index (χ4v) is 2.03. The second-order valence-electron chi connectivity index (χ2n) is 3.88. The molecule has 5 heteroatoms. The summed E-state index contributed by atoms with van der Waals surface area (Å²) < 4.78 is 39.6. The number of hydrogen-bond donors (Lipinski definition) is 0. The molecule has 0 atom stereocenters. The van der Waals surface area contributed by atoms with E-state index in [-0.39, 0.29) is 16.4 Å². The van der Waals surface area contributed by atoms with Gasteiger partial charge < -0.3 is 0 Å². The lowest BCUT2D eigenvalue weighted by molar-refractivity contribution is -0.135. The second-order valence-corrected chi connectivity index (χ2v) is 3.88. The maximum Gasteiger partial charge on any atom is 0.417 e. The molecular formula is C13H7F3N2. The Morgan fingerprint density at radius 1 is 0.889 bits per heavy atom. The van der Waals surface area contributed by atoms with Crippen molar-refractivity contribution in [2.75, 3.05) is 0 Å². The summed E-state index contributed by atoms with van der Waals surface area (Å²) in [6.45, 7) is 0. The first-order valence-electron chi connectivity index (χ1n) is 5.28. The number of halogens is 3. The summed E-state index contributed by atoms with van der Waals surface area (Å²) in [6.07, 6.45) is -2.99. The number of alkyl halides is 3. The third-order valence-corrected chi connectivity index (χ3v) is 2.74. The molecule has 90 valence electrons. The van der Waals surface area contributed by atoms with Gasteiger partial charge in [-0.3, -0.25) is 0 Å². The van der Waals surface area contributed by atoms with Gasteiger partial charge in [0, 0.05) is 17.0 Å². The first-order chi connectivity index (χ1) is 8.57. The molecule has 0 spiro atoms. The highest BCUT2D eigenvalue weighted by Crippen LogP contribution is 2.38. The molecule has 2 heterocycles. The number of para-hydroxylation sites is 1. The molecule has 0 aliphatic heterocycles. The molecule has 0 saturated heterocycles. The average molecular weight is 248 g/mol. The largest absolute Gasteiger partial charge is 0.417 e. The minimum Gasteiger partial charge on any atom is -0.237 e. The summed E-state index contributed by atoms with van der Waals surface area (Å²) in [5, 5.41) is 0.134. The van der Waals surface area contributed by atoms with Gasteiger partial charge in [-0.1, -0.05) is 18.2 Å². The van der Waals surface area contributed by atoms with Crippen LogP contribution in [0.1, 0.15) is 5.56 Å². The molecule has 0 saturated carbocycles. The van der Waals surface area contributed by atoms with E-state index < -0.39 is 11.7 Å². The van der Waals surface area contributed by atoms with Crippen LogP contribution in [0.3, 0.4) is 0 Å². The van der Waals surface area contributed by atoms with Crippen molar-refractivity contribution in [1.29, 1.82) is 0 Å². The van der Waals surface area contributed by atoms with Crippen LogP contribution in [0.2, 0.25) is 0 Å². The summed E-state index contributed by atoms with van der Waals surface area (Å²) in [5.41, 5.74) is -0.254. The van der Waals surface area contributed by atoms with Crippen LogP contribution in [-0.2, 0) is 6.18 Å². The van der Waals surface area contributed by atoms with Crippen molar-refractivity contribution in [3.8, 4) is 0 Å². The van der Waals surface area contributed by atoms with E-state index in [4.69, 9.17) is 0 Å². The quantitative estimate of drug-likeness (QED) is 0.565. The first-order valence-corrected chi connectivity index (χ1v) is 5.28. The lowest BCUT2D eigenvalue weighted by Gasteiger charge is -2.12. The number of fused-ring (bicyclic) bond motifs is 2. The number of hydrogen-bond acceptors (Lipinski definition) is 2. The van der Waals surface area contributed by atoms with Crippen molar-refractivity contribution in [3.63, 3.8) is 0 Å². The number of benzene rings is 1. The second kappa shape index (κ2) is 3.66. The minimum atomic E-state index is -4.43. The van der Waals surface area contributed by atoms with E-state index in [1.165, 1.54) is 24.4 Å². The molecule has 2 aromatic heterocycles. The molecule has 3 rings (SSSR count). The molecule has 0 unspecified atom stereocenters. The Balaban J connectivity index is 2.58. The van der Waals surface area contributed by atoms with Gasteiger partial charge in [-0.15, -0.1) is 0 Å². The molecule has 18 heavy (non-hydrogen) atoms. The lowest BCUT2D eigenvalue weighted by Crippen LogP contribution is -2.08. The predicted molar refractivity (Wildman–Crippen MR) is 62.0 cm³/mol. The van der Waals surface area contributed by atoms with Crippen LogP contribution >= 0.6 is 0 Å². The smallest absolute Gasteiger partial charge is 0.237 e. The van der Waals surface area contributed by atoms with Gasteiger partial charge in [0.1, 0.15) is 0 Å². The zero-order valence-corrected chi connectivity index (χ0v) is 9.07. The summed E-state index contributed by atoms with van der Waals surface area (Å²) in [7, 11) is 0. The molecule has 0 aliphatic rings. The van der Waals surface area contributed by atoms with Crippen LogP contribution in [0, 0.1) is 0 Å². The SMILES string of the molecule is FC(F)(F)c1c2ccccc2nc2ncccc12. The van der Waals surface area contributed by atoms with Crippen LogP contribution in [0.5, 0.6) is 0 Å². The van der Waals surface area contributed by atoms with Crippen LogP contribution in [0.4, 0.5) is 13.2 Å². The molecule has 0 N–H and O–H groups in total. The van der Waals surface area contributed by atoms with E-state index in [2.05, 4.69) is 9.97 Å². The number of rotatable bonds is 0. The third-order valence-electron chi connectivity index (χ3n) is 2.74. The normalized spacial score (nSPS) is 12.2.